The molecule has 0 amide bonds. The molecule has 1 rings (SSSR count). The summed E-state index contributed by atoms with van der Waals surface area (Å²) in [5, 5.41) is 6.48. The molecule has 5 heteroatoms. The van der Waals surface area contributed by atoms with Gasteiger partial charge in [0.1, 0.15) is 0 Å². The van der Waals surface area contributed by atoms with Gasteiger partial charge in [0.05, 0.1) is 12.7 Å². The van der Waals surface area contributed by atoms with Crippen LogP contribution in [-0.2, 0) is 6.54 Å². The Kier molecular flexibility index (Phi) is 2.00. The van der Waals surface area contributed by atoms with Gasteiger partial charge in [-0.1, -0.05) is 6.08 Å². The first kappa shape index (κ1) is 7.46. The molecule has 5 nitrogen and oxygen atoms in total. The van der Waals surface area contributed by atoms with Crippen LogP contribution in [0.15, 0.2) is 24.0 Å². The van der Waals surface area contributed by atoms with E-state index in [0.29, 0.717) is 6.54 Å². The molecular formula is C6H8N4O. The lowest BCUT2D eigenvalue weighted by Crippen LogP contribution is -2.01. The minimum Gasteiger partial charge on any atom is -0.382 e. The largest absolute Gasteiger partial charge is 0.382 e. The van der Waals surface area contributed by atoms with E-state index < -0.39 is 0 Å². The molecule has 0 fully saturated rings. The number of allylic oxidation sites excluding steroid dienone is 1. The summed E-state index contributed by atoms with van der Waals surface area (Å²) in [5.74, 6) is 0.278. The number of nitrogens with two attached hydrogens (primary N) is 1. The Labute approximate surface area is 63.5 Å². The van der Waals surface area contributed by atoms with Crippen molar-refractivity contribution < 1.29 is 0 Å². The van der Waals surface area contributed by atoms with Gasteiger partial charge < -0.3 is 5.73 Å². The molecule has 1 aromatic rings. The smallest absolute Gasteiger partial charge is 0.169 e. The van der Waals surface area contributed by atoms with E-state index in [1.807, 2.05) is 0 Å². The van der Waals surface area contributed by atoms with E-state index in [4.69, 9.17) is 5.73 Å². The van der Waals surface area contributed by atoms with Crippen LogP contribution in [0, 0.1) is 4.91 Å². The van der Waals surface area contributed by atoms with E-state index in [2.05, 4.69) is 16.9 Å². The Balaban J connectivity index is 2.99. The normalized spacial score (nSPS) is 9.45. The quantitative estimate of drug-likeness (QED) is 0.519. The highest BCUT2D eigenvalue weighted by atomic mass is 16.3. The number of nitrogens with zero attached hydrogens (tertiary/aromatic N) is 3. The Morgan fingerprint density at radius 2 is 2.64 bits per heavy atom. The van der Waals surface area contributed by atoms with Crippen molar-refractivity contribution in [2.24, 2.45) is 5.18 Å². The first-order valence-corrected chi connectivity index (χ1v) is 3.05. The van der Waals surface area contributed by atoms with Crippen molar-refractivity contribution in [1.82, 2.24) is 9.78 Å². The van der Waals surface area contributed by atoms with E-state index in [-0.39, 0.29) is 11.5 Å². The second-order valence-corrected chi connectivity index (χ2v) is 1.98. The Morgan fingerprint density at radius 3 is 3.09 bits per heavy atom. The van der Waals surface area contributed by atoms with E-state index >= 15 is 0 Å². The number of anilines is 1. The average molecular weight is 152 g/mol. The van der Waals surface area contributed by atoms with Gasteiger partial charge in [0.15, 0.2) is 11.5 Å². The van der Waals surface area contributed by atoms with Crippen molar-refractivity contribution in [3.05, 3.63) is 23.8 Å². The number of nitroso groups, excluding NO2 is 1. The van der Waals surface area contributed by atoms with Gasteiger partial charge in [0, 0.05) is 0 Å². The zero-order valence-electron chi connectivity index (χ0n) is 5.90. The van der Waals surface area contributed by atoms with Crippen molar-refractivity contribution in [1.29, 1.82) is 0 Å². The zero-order chi connectivity index (χ0) is 8.27. The molecular weight excluding hydrogens is 144 g/mol. The molecule has 0 unspecified atom stereocenters. The van der Waals surface area contributed by atoms with Gasteiger partial charge in [-0.25, -0.2) is 4.68 Å². The van der Waals surface area contributed by atoms with Crippen LogP contribution in [-0.4, -0.2) is 9.78 Å². The first-order chi connectivity index (χ1) is 5.29. The third-order valence-corrected chi connectivity index (χ3v) is 1.26. The van der Waals surface area contributed by atoms with Gasteiger partial charge >= 0.3 is 0 Å². The second-order valence-electron chi connectivity index (χ2n) is 1.98. The van der Waals surface area contributed by atoms with Gasteiger partial charge in [-0.3, -0.25) is 0 Å². The summed E-state index contributed by atoms with van der Waals surface area (Å²) in [5.41, 5.74) is 5.63. The molecule has 0 saturated heterocycles. The molecule has 0 saturated carbocycles. The molecule has 0 aliphatic heterocycles. The Morgan fingerprint density at radius 1 is 1.91 bits per heavy atom. The van der Waals surface area contributed by atoms with E-state index in [0.717, 1.165) is 0 Å². The highest BCUT2D eigenvalue weighted by Gasteiger charge is 2.04. The summed E-state index contributed by atoms with van der Waals surface area (Å²) in [4.78, 5) is 10.0. The van der Waals surface area contributed by atoms with Crippen molar-refractivity contribution in [2.45, 2.75) is 6.54 Å². The van der Waals surface area contributed by atoms with Crippen LogP contribution in [0.1, 0.15) is 0 Å². The lowest BCUT2D eigenvalue weighted by atomic mass is 10.5. The highest BCUT2D eigenvalue weighted by molar-refractivity contribution is 5.56. The predicted octanol–water partition coefficient (Wildman–Crippen LogP) is 1.05. The summed E-state index contributed by atoms with van der Waals surface area (Å²) in [6.07, 6.45) is 2.96. The summed E-state index contributed by atoms with van der Waals surface area (Å²) < 4.78 is 1.45. The third-order valence-electron chi connectivity index (χ3n) is 1.26. The molecule has 1 aromatic heterocycles. The Hall–Kier alpha value is -1.65. The number of rotatable bonds is 3. The van der Waals surface area contributed by atoms with Crippen LogP contribution in [0.4, 0.5) is 11.5 Å². The molecule has 0 aliphatic carbocycles. The van der Waals surface area contributed by atoms with Crippen LogP contribution in [0.5, 0.6) is 0 Å². The maximum Gasteiger partial charge on any atom is 0.169 e. The summed E-state index contributed by atoms with van der Waals surface area (Å²) in [7, 11) is 0. The average Bonchev–Trinajstić information content (AvgIpc) is 2.34. The predicted molar refractivity (Wildman–Crippen MR) is 42.3 cm³/mol. The monoisotopic (exact) mass is 152 g/mol. The maximum atomic E-state index is 10.0. The van der Waals surface area contributed by atoms with Crippen LogP contribution < -0.4 is 5.73 Å². The van der Waals surface area contributed by atoms with E-state index in [1.165, 1.54) is 10.9 Å². The fourth-order valence-electron chi connectivity index (χ4n) is 0.723. The number of nitrogen functional groups attached to an aromatic ring is 1. The van der Waals surface area contributed by atoms with Crippen molar-refractivity contribution in [3.8, 4) is 0 Å². The molecule has 11 heavy (non-hydrogen) atoms. The van der Waals surface area contributed by atoms with Gasteiger partial charge in [-0.15, -0.1) is 11.5 Å². The Bertz CT molecular complexity index is 278. The van der Waals surface area contributed by atoms with Crippen molar-refractivity contribution in [2.75, 3.05) is 5.73 Å². The maximum absolute atomic E-state index is 10.0. The zero-order valence-corrected chi connectivity index (χ0v) is 5.90. The lowest BCUT2D eigenvalue weighted by molar-refractivity contribution is 0.713. The van der Waals surface area contributed by atoms with Gasteiger partial charge in [-0.2, -0.15) is 5.10 Å². The molecule has 0 aliphatic rings. The fraction of sp³-hybridized carbons (Fsp3) is 0.167. The van der Waals surface area contributed by atoms with Gasteiger partial charge in [0.2, 0.25) is 0 Å². The van der Waals surface area contributed by atoms with Crippen molar-refractivity contribution in [3.63, 3.8) is 0 Å². The number of hydrogen-bond acceptors (Lipinski definition) is 4. The van der Waals surface area contributed by atoms with Crippen molar-refractivity contribution >= 4 is 11.5 Å². The summed E-state index contributed by atoms with van der Waals surface area (Å²) in [6, 6.07) is 0. The number of hydrogen-bond donors (Lipinski definition) is 1. The van der Waals surface area contributed by atoms with Crippen LogP contribution in [0.3, 0.4) is 0 Å². The van der Waals surface area contributed by atoms with E-state index in [9.17, 15) is 4.91 Å². The lowest BCUT2D eigenvalue weighted by Gasteiger charge is -1.96. The molecule has 0 bridgehead atoms. The second kappa shape index (κ2) is 2.96. The molecule has 1 heterocycles. The SMILES string of the molecule is C=CCn1ncc(N=O)c1N. The van der Waals surface area contributed by atoms with Gasteiger partial charge in [0.25, 0.3) is 0 Å². The fourth-order valence-corrected chi connectivity index (χ4v) is 0.723. The van der Waals surface area contributed by atoms with Crippen LogP contribution >= 0.6 is 0 Å². The summed E-state index contributed by atoms with van der Waals surface area (Å²) >= 11 is 0. The summed E-state index contributed by atoms with van der Waals surface area (Å²) in [6.45, 7) is 3.99. The minimum absolute atomic E-state index is 0.173. The molecule has 0 spiro atoms. The molecule has 58 valence electrons. The highest BCUT2D eigenvalue weighted by Crippen LogP contribution is 2.19. The molecule has 2 N–H and O–H groups in total. The van der Waals surface area contributed by atoms with Gasteiger partial charge in [-0.05, 0) is 5.18 Å². The van der Waals surface area contributed by atoms with Crippen LogP contribution in [0.25, 0.3) is 0 Å². The molecule has 0 radical (unpaired) electrons. The standard InChI is InChI=1S/C6H8N4O/c1-2-3-10-6(7)5(9-11)4-8-10/h2,4H,1,3,7H2. The first-order valence-electron chi connectivity index (χ1n) is 3.05. The number of aromatic nitrogens is 2. The minimum atomic E-state index is 0.173. The molecule has 0 atom stereocenters. The topological polar surface area (TPSA) is 73.3 Å². The van der Waals surface area contributed by atoms with Crippen LogP contribution in [0.2, 0.25) is 0 Å². The molecule has 0 aromatic carbocycles. The van der Waals surface area contributed by atoms with E-state index in [1.54, 1.807) is 6.08 Å². The third kappa shape index (κ3) is 1.26.